The maximum absolute atomic E-state index is 11.6. The molecule has 0 fully saturated rings. The number of nitrogens with one attached hydrogen (secondary N) is 1. The lowest BCUT2D eigenvalue weighted by Crippen LogP contribution is -2.19. The van der Waals surface area contributed by atoms with E-state index in [1.165, 1.54) is 0 Å². The highest BCUT2D eigenvalue weighted by Gasteiger charge is 2.07. The van der Waals surface area contributed by atoms with Crippen LogP contribution in [0.2, 0.25) is 0 Å². The predicted molar refractivity (Wildman–Crippen MR) is 64.7 cm³/mol. The Bertz CT molecular complexity index is 348. The van der Waals surface area contributed by atoms with E-state index < -0.39 is 0 Å². The van der Waals surface area contributed by atoms with Gasteiger partial charge < -0.3 is 5.32 Å². The fourth-order valence-electron chi connectivity index (χ4n) is 0.972. The van der Waals surface area contributed by atoms with E-state index in [0.717, 1.165) is 4.47 Å². The highest BCUT2D eigenvalue weighted by Crippen LogP contribution is 2.11. The largest absolute Gasteiger partial charge is 0.382 e. The van der Waals surface area contributed by atoms with Gasteiger partial charge in [-0.25, -0.2) is 0 Å². The molecule has 0 heterocycles. The summed E-state index contributed by atoms with van der Waals surface area (Å²) >= 11 is 8.23. The number of rotatable bonds is 3. The van der Waals surface area contributed by atoms with E-state index in [1.807, 2.05) is 12.1 Å². The minimum Gasteiger partial charge on any atom is -0.382 e. The molecule has 0 saturated carbocycles. The third kappa shape index (κ3) is 3.20. The van der Waals surface area contributed by atoms with Gasteiger partial charge in [0, 0.05) is 17.1 Å². The first-order chi connectivity index (χ1) is 6.63. The molecule has 0 spiro atoms. The summed E-state index contributed by atoms with van der Waals surface area (Å²) in [6.07, 6.45) is 0.271. The molecule has 2 nitrogen and oxygen atoms in total. The van der Waals surface area contributed by atoms with Gasteiger partial charge in [-0.15, -0.1) is 0 Å². The Balaban J connectivity index is 2.70. The smallest absolute Gasteiger partial charge is 0.169 e. The molecule has 1 aromatic carbocycles. The van der Waals surface area contributed by atoms with E-state index in [4.69, 9.17) is 12.2 Å². The Morgan fingerprint density at radius 3 is 2.50 bits per heavy atom. The number of Topliss-reactive ketones (excluding diaryl/α,β-unsaturated/α-hetero) is 1. The number of carbonyl (C=O) groups excluding carboxylic acids is 1. The van der Waals surface area contributed by atoms with Crippen molar-refractivity contribution in [3.8, 4) is 0 Å². The summed E-state index contributed by atoms with van der Waals surface area (Å²) in [5.41, 5.74) is 0.686. The van der Waals surface area contributed by atoms with Gasteiger partial charge in [0.1, 0.15) is 0 Å². The molecule has 0 radical (unpaired) electrons. The van der Waals surface area contributed by atoms with Crippen LogP contribution in [0.3, 0.4) is 0 Å². The fraction of sp³-hybridized carbons (Fsp3) is 0.200. The SMILES string of the molecule is CNC(=S)CC(=O)c1ccc(Br)cc1. The lowest BCUT2D eigenvalue weighted by molar-refractivity contribution is 0.100. The van der Waals surface area contributed by atoms with Gasteiger partial charge >= 0.3 is 0 Å². The van der Waals surface area contributed by atoms with Crippen molar-refractivity contribution in [1.82, 2.24) is 5.32 Å². The second-order valence-corrected chi connectivity index (χ2v) is 4.19. The van der Waals surface area contributed by atoms with Crippen molar-refractivity contribution in [3.63, 3.8) is 0 Å². The molecule has 0 amide bonds. The van der Waals surface area contributed by atoms with Gasteiger partial charge in [0.25, 0.3) is 0 Å². The normalized spacial score (nSPS) is 9.57. The van der Waals surface area contributed by atoms with Gasteiger partial charge in [-0.1, -0.05) is 40.3 Å². The Hall–Kier alpha value is -0.740. The standard InChI is InChI=1S/C10H10BrNOS/c1-12-10(14)6-9(13)7-2-4-8(11)5-3-7/h2-5H,6H2,1H3,(H,12,14). The van der Waals surface area contributed by atoms with Crippen LogP contribution in [-0.2, 0) is 0 Å². The van der Waals surface area contributed by atoms with Crippen molar-refractivity contribution in [2.45, 2.75) is 6.42 Å². The second kappa shape index (κ2) is 5.22. The topological polar surface area (TPSA) is 29.1 Å². The highest BCUT2D eigenvalue weighted by molar-refractivity contribution is 9.10. The molecular weight excluding hydrogens is 262 g/mol. The van der Waals surface area contributed by atoms with Crippen LogP contribution in [0, 0.1) is 0 Å². The van der Waals surface area contributed by atoms with Crippen molar-refractivity contribution >= 4 is 38.9 Å². The molecule has 0 aliphatic heterocycles. The summed E-state index contributed by atoms with van der Waals surface area (Å²) in [5.74, 6) is 0.0388. The van der Waals surface area contributed by atoms with Gasteiger partial charge in [-0.3, -0.25) is 4.79 Å². The van der Waals surface area contributed by atoms with Crippen molar-refractivity contribution < 1.29 is 4.79 Å². The van der Waals surface area contributed by atoms with E-state index in [2.05, 4.69) is 21.2 Å². The summed E-state index contributed by atoms with van der Waals surface area (Å²) < 4.78 is 0.963. The average molecular weight is 272 g/mol. The summed E-state index contributed by atoms with van der Waals surface area (Å²) in [6, 6.07) is 7.25. The van der Waals surface area contributed by atoms with Gasteiger partial charge in [-0.05, 0) is 12.1 Å². The number of carbonyl (C=O) groups is 1. The zero-order valence-corrected chi connectivity index (χ0v) is 10.1. The van der Waals surface area contributed by atoms with Crippen LogP contribution in [0.4, 0.5) is 0 Å². The van der Waals surface area contributed by atoms with Crippen LogP contribution < -0.4 is 5.32 Å². The molecule has 0 bridgehead atoms. The van der Waals surface area contributed by atoms with E-state index in [9.17, 15) is 4.79 Å². The molecule has 14 heavy (non-hydrogen) atoms. The highest BCUT2D eigenvalue weighted by atomic mass is 79.9. The Morgan fingerprint density at radius 1 is 1.43 bits per heavy atom. The fourth-order valence-corrected chi connectivity index (χ4v) is 1.37. The van der Waals surface area contributed by atoms with Crippen molar-refractivity contribution in [2.24, 2.45) is 0 Å². The monoisotopic (exact) mass is 271 g/mol. The Labute approximate surface area is 96.8 Å². The minimum atomic E-state index is 0.0388. The van der Waals surface area contributed by atoms with E-state index in [0.29, 0.717) is 10.6 Å². The van der Waals surface area contributed by atoms with Crippen LogP contribution >= 0.6 is 28.1 Å². The van der Waals surface area contributed by atoms with Crippen LogP contribution in [-0.4, -0.2) is 17.8 Å². The molecule has 0 unspecified atom stereocenters. The zero-order chi connectivity index (χ0) is 10.6. The van der Waals surface area contributed by atoms with Crippen LogP contribution in [0.5, 0.6) is 0 Å². The van der Waals surface area contributed by atoms with Crippen molar-refractivity contribution in [2.75, 3.05) is 7.05 Å². The van der Waals surface area contributed by atoms with Gasteiger partial charge in [0.05, 0.1) is 11.4 Å². The first-order valence-electron chi connectivity index (χ1n) is 4.13. The molecule has 0 atom stereocenters. The summed E-state index contributed by atoms with van der Waals surface area (Å²) in [6.45, 7) is 0. The van der Waals surface area contributed by atoms with Crippen molar-refractivity contribution in [3.05, 3.63) is 34.3 Å². The number of ketones is 1. The molecule has 1 rings (SSSR count). The number of hydrogen-bond donors (Lipinski definition) is 1. The first-order valence-corrected chi connectivity index (χ1v) is 5.33. The Morgan fingerprint density at radius 2 is 2.00 bits per heavy atom. The summed E-state index contributed by atoms with van der Waals surface area (Å²) in [4.78, 5) is 12.1. The molecule has 74 valence electrons. The van der Waals surface area contributed by atoms with Crippen LogP contribution in [0.25, 0.3) is 0 Å². The summed E-state index contributed by atoms with van der Waals surface area (Å²) in [5, 5.41) is 2.78. The van der Waals surface area contributed by atoms with E-state index in [1.54, 1.807) is 19.2 Å². The lowest BCUT2D eigenvalue weighted by Gasteiger charge is -2.02. The second-order valence-electron chi connectivity index (χ2n) is 2.78. The van der Waals surface area contributed by atoms with Gasteiger partial charge in [0.2, 0.25) is 0 Å². The van der Waals surface area contributed by atoms with Crippen LogP contribution in [0.15, 0.2) is 28.7 Å². The Kier molecular flexibility index (Phi) is 4.22. The molecule has 0 aliphatic rings. The van der Waals surface area contributed by atoms with Gasteiger partial charge in [0.15, 0.2) is 5.78 Å². The molecule has 0 saturated heterocycles. The predicted octanol–water partition coefficient (Wildman–Crippen LogP) is 2.57. The maximum Gasteiger partial charge on any atom is 0.169 e. The first kappa shape index (κ1) is 11.3. The molecule has 1 N–H and O–H groups in total. The number of hydrogen-bond acceptors (Lipinski definition) is 2. The third-order valence-corrected chi connectivity index (χ3v) is 2.64. The summed E-state index contributed by atoms with van der Waals surface area (Å²) in [7, 11) is 1.72. The van der Waals surface area contributed by atoms with Crippen LogP contribution in [0.1, 0.15) is 16.8 Å². The molecule has 0 aliphatic carbocycles. The molecule has 1 aromatic rings. The van der Waals surface area contributed by atoms with Crippen molar-refractivity contribution in [1.29, 1.82) is 0 Å². The lowest BCUT2D eigenvalue weighted by atomic mass is 10.1. The maximum atomic E-state index is 11.6. The van der Waals surface area contributed by atoms with Gasteiger partial charge in [-0.2, -0.15) is 0 Å². The van der Waals surface area contributed by atoms with E-state index >= 15 is 0 Å². The zero-order valence-electron chi connectivity index (χ0n) is 7.71. The minimum absolute atomic E-state index is 0.0388. The molecule has 4 heteroatoms. The number of benzene rings is 1. The number of halogens is 1. The molecular formula is C10H10BrNOS. The molecule has 0 aromatic heterocycles. The number of thiocarbonyl (C=S) groups is 1. The van der Waals surface area contributed by atoms with E-state index in [-0.39, 0.29) is 12.2 Å². The quantitative estimate of drug-likeness (QED) is 0.677. The average Bonchev–Trinajstić information content (AvgIpc) is 2.18. The third-order valence-electron chi connectivity index (χ3n) is 1.77.